The van der Waals surface area contributed by atoms with Crippen molar-refractivity contribution in [2.24, 2.45) is 0 Å². The van der Waals surface area contributed by atoms with Crippen molar-refractivity contribution in [1.29, 1.82) is 0 Å². The van der Waals surface area contributed by atoms with E-state index in [4.69, 9.17) is 4.42 Å². The molecule has 0 spiro atoms. The van der Waals surface area contributed by atoms with Crippen LogP contribution in [0.25, 0.3) is 27.8 Å². The summed E-state index contributed by atoms with van der Waals surface area (Å²) in [5.41, 5.74) is 1.89. The third-order valence-corrected chi connectivity index (χ3v) is 4.27. The number of hydrogen-bond donors (Lipinski definition) is 2. The smallest absolute Gasteiger partial charge is 0.195 e. The van der Waals surface area contributed by atoms with Crippen LogP contribution in [-0.4, -0.2) is 5.11 Å². The highest BCUT2D eigenvalue weighted by molar-refractivity contribution is 6.01. The zero-order chi connectivity index (χ0) is 18.1. The predicted molar refractivity (Wildman–Crippen MR) is 106 cm³/mol. The molecule has 26 heavy (non-hydrogen) atoms. The van der Waals surface area contributed by atoms with Crippen LogP contribution < -0.4 is 10.7 Å². The molecule has 4 nitrogen and oxygen atoms in total. The minimum atomic E-state index is -0.106. The topological polar surface area (TPSA) is 62.5 Å². The molecule has 0 atom stereocenters. The normalized spacial score (nSPS) is 11.4. The number of phenolic OH excluding ortho intramolecular Hbond substituents is 1. The van der Waals surface area contributed by atoms with Crippen LogP contribution in [0.1, 0.15) is 12.7 Å². The lowest BCUT2D eigenvalue weighted by Crippen LogP contribution is -2.04. The Morgan fingerprint density at radius 2 is 1.69 bits per heavy atom. The van der Waals surface area contributed by atoms with Crippen LogP contribution in [-0.2, 0) is 0 Å². The summed E-state index contributed by atoms with van der Waals surface area (Å²) in [4.78, 5) is 12.6. The Hall–Kier alpha value is -3.53. The first-order chi connectivity index (χ1) is 12.7. The SMILES string of the molecule is C/C=C/c1cc(=O)c2c(Nc3cccc4c(O)cccc34)cccc2o1. The highest BCUT2D eigenvalue weighted by atomic mass is 16.3. The van der Waals surface area contributed by atoms with Gasteiger partial charge in [-0.2, -0.15) is 0 Å². The molecular weight excluding hydrogens is 326 g/mol. The minimum Gasteiger partial charge on any atom is -0.507 e. The minimum absolute atomic E-state index is 0.106. The summed E-state index contributed by atoms with van der Waals surface area (Å²) < 4.78 is 5.80. The van der Waals surface area contributed by atoms with Crippen LogP contribution in [0.5, 0.6) is 5.75 Å². The highest BCUT2D eigenvalue weighted by Crippen LogP contribution is 2.33. The van der Waals surface area contributed by atoms with Gasteiger partial charge in [-0.1, -0.05) is 36.4 Å². The van der Waals surface area contributed by atoms with E-state index in [0.717, 1.165) is 16.5 Å². The fourth-order valence-electron chi connectivity index (χ4n) is 3.13. The molecule has 0 aliphatic heterocycles. The molecule has 0 bridgehead atoms. The number of phenols is 1. The lowest BCUT2D eigenvalue weighted by Gasteiger charge is -2.12. The first kappa shape index (κ1) is 16.0. The number of rotatable bonds is 3. The molecule has 128 valence electrons. The lowest BCUT2D eigenvalue weighted by atomic mass is 10.1. The molecule has 0 amide bonds. The van der Waals surface area contributed by atoms with E-state index in [1.54, 1.807) is 24.3 Å². The predicted octanol–water partition coefficient (Wildman–Crippen LogP) is 5.43. The molecule has 2 N–H and O–H groups in total. The molecule has 1 aromatic heterocycles. The van der Waals surface area contributed by atoms with Gasteiger partial charge in [0, 0.05) is 22.5 Å². The number of anilines is 2. The van der Waals surface area contributed by atoms with Crippen molar-refractivity contribution in [3.05, 3.63) is 82.7 Å². The van der Waals surface area contributed by atoms with Gasteiger partial charge in [-0.25, -0.2) is 0 Å². The van der Waals surface area contributed by atoms with Gasteiger partial charge in [0.2, 0.25) is 0 Å². The first-order valence-corrected chi connectivity index (χ1v) is 8.34. The molecule has 3 aromatic carbocycles. The largest absolute Gasteiger partial charge is 0.507 e. The van der Waals surface area contributed by atoms with Gasteiger partial charge in [0.25, 0.3) is 0 Å². The Bertz CT molecular complexity index is 1210. The van der Waals surface area contributed by atoms with E-state index in [2.05, 4.69) is 5.32 Å². The Balaban J connectivity index is 1.89. The van der Waals surface area contributed by atoms with E-state index in [1.807, 2.05) is 49.4 Å². The van der Waals surface area contributed by atoms with Crippen LogP contribution in [0, 0.1) is 0 Å². The molecular formula is C22H17NO3. The van der Waals surface area contributed by atoms with Crippen molar-refractivity contribution < 1.29 is 9.52 Å². The maximum Gasteiger partial charge on any atom is 0.195 e. The summed E-state index contributed by atoms with van der Waals surface area (Å²) >= 11 is 0. The van der Waals surface area contributed by atoms with Crippen molar-refractivity contribution >= 4 is 39.2 Å². The molecule has 4 aromatic rings. The molecule has 0 aliphatic carbocycles. The average molecular weight is 343 g/mol. The lowest BCUT2D eigenvalue weighted by molar-refractivity contribution is 0.481. The van der Waals surface area contributed by atoms with Gasteiger partial charge >= 0.3 is 0 Å². The summed E-state index contributed by atoms with van der Waals surface area (Å²) in [5.74, 6) is 0.747. The van der Waals surface area contributed by atoms with Gasteiger partial charge in [-0.05, 0) is 37.3 Å². The zero-order valence-corrected chi connectivity index (χ0v) is 14.2. The van der Waals surface area contributed by atoms with Crippen molar-refractivity contribution in [2.75, 3.05) is 5.32 Å². The number of benzene rings is 3. The molecule has 0 unspecified atom stereocenters. The van der Waals surface area contributed by atoms with E-state index in [0.29, 0.717) is 22.4 Å². The second kappa shape index (κ2) is 6.41. The summed E-state index contributed by atoms with van der Waals surface area (Å²) in [5, 5.41) is 15.5. The third kappa shape index (κ3) is 2.71. The van der Waals surface area contributed by atoms with Gasteiger partial charge in [0.15, 0.2) is 5.43 Å². The van der Waals surface area contributed by atoms with Gasteiger partial charge in [-0.3, -0.25) is 4.79 Å². The fourth-order valence-corrected chi connectivity index (χ4v) is 3.13. The molecule has 0 radical (unpaired) electrons. The molecule has 0 aliphatic rings. The van der Waals surface area contributed by atoms with Crippen LogP contribution in [0.3, 0.4) is 0 Å². The molecule has 4 rings (SSSR count). The Kier molecular flexibility index (Phi) is 3.93. The third-order valence-electron chi connectivity index (χ3n) is 4.27. The average Bonchev–Trinajstić information content (AvgIpc) is 2.63. The summed E-state index contributed by atoms with van der Waals surface area (Å²) in [6, 6.07) is 18.0. The number of allylic oxidation sites excluding steroid dienone is 1. The van der Waals surface area contributed by atoms with Gasteiger partial charge in [-0.15, -0.1) is 0 Å². The quantitative estimate of drug-likeness (QED) is 0.521. The van der Waals surface area contributed by atoms with E-state index < -0.39 is 0 Å². The molecule has 0 saturated heterocycles. The zero-order valence-electron chi connectivity index (χ0n) is 14.2. The molecule has 0 saturated carbocycles. The monoisotopic (exact) mass is 343 g/mol. The van der Waals surface area contributed by atoms with E-state index >= 15 is 0 Å². The Labute approximate surface area is 150 Å². The van der Waals surface area contributed by atoms with Crippen LogP contribution in [0.4, 0.5) is 11.4 Å². The van der Waals surface area contributed by atoms with Crippen LogP contribution in [0.15, 0.2) is 76.0 Å². The van der Waals surface area contributed by atoms with E-state index in [-0.39, 0.29) is 11.2 Å². The van der Waals surface area contributed by atoms with Gasteiger partial charge < -0.3 is 14.8 Å². The molecule has 1 heterocycles. The van der Waals surface area contributed by atoms with Crippen molar-refractivity contribution in [1.82, 2.24) is 0 Å². The van der Waals surface area contributed by atoms with E-state index in [9.17, 15) is 9.90 Å². The highest BCUT2D eigenvalue weighted by Gasteiger charge is 2.10. The summed E-state index contributed by atoms with van der Waals surface area (Å²) in [6.45, 7) is 1.87. The van der Waals surface area contributed by atoms with Crippen LogP contribution >= 0.6 is 0 Å². The molecule has 0 fully saturated rings. The Morgan fingerprint density at radius 1 is 0.962 bits per heavy atom. The first-order valence-electron chi connectivity index (χ1n) is 8.34. The van der Waals surface area contributed by atoms with Gasteiger partial charge in [0.05, 0.1) is 11.1 Å². The number of hydrogen-bond acceptors (Lipinski definition) is 4. The fraction of sp³-hybridized carbons (Fsp3) is 0.0455. The number of fused-ring (bicyclic) bond motifs is 2. The second-order valence-corrected chi connectivity index (χ2v) is 5.99. The maximum absolute atomic E-state index is 12.6. The maximum atomic E-state index is 12.6. The van der Waals surface area contributed by atoms with Crippen LogP contribution in [0.2, 0.25) is 0 Å². The van der Waals surface area contributed by atoms with Crippen molar-refractivity contribution in [3.8, 4) is 5.75 Å². The summed E-state index contributed by atoms with van der Waals surface area (Å²) in [6.07, 6.45) is 3.59. The number of nitrogens with one attached hydrogen (secondary N) is 1. The van der Waals surface area contributed by atoms with E-state index in [1.165, 1.54) is 6.07 Å². The molecule has 4 heteroatoms. The standard InChI is InChI=1S/C22H17NO3/c1-2-6-14-13-20(25)22-18(10-5-12-21(22)26-14)23-17-9-3-8-16-15(17)7-4-11-19(16)24/h2-13,23-24H,1H3/b6-2+. The summed E-state index contributed by atoms with van der Waals surface area (Å²) in [7, 11) is 0. The van der Waals surface area contributed by atoms with Crippen molar-refractivity contribution in [2.45, 2.75) is 6.92 Å². The van der Waals surface area contributed by atoms with Gasteiger partial charge in [0.1, 0.15) is 17.1 Å². The Morgan fingerprint density at radius 3 is 2.54 bits per heavy atom. The van der Waals surface area contributed by atoms with Crippen molar-refractivity contribution in [3.63, 3.8) is 0 Å². The second-order valence-electron chi connectivity index (χ2n) is 5.99. The number of aromatic hydroxyl groups is 1.